The molecule has 3 N–H and O–H groups in total. The number of aliphatic hydroxyl groups is 1. The molecule has 1 atom stereocenters. The molecule has 0 amide bonds. The summed E-state index contributed by atoms with van der Waals surface area (Å²) < 4.78 is 0. The van der Waals surface area contributed by atoms with Gasteiger partial charge in [0.25, 0.3) is 0 Å². The minimum atomic E-state index is 0. The Hall–Kier alpha value is -0.0500. The van der Waals surface area contributed by atoms with E-state index in [1.807, 2.05) is 0 Å². The van der Waals surface area contributed by atoms with Crippen molar-refractivity contribution in [2.24, 2.45) is 11.7 Å². The molecule has 0 aliphatic rings. The molecule has 56 valence electrons. The van der Waals surface area contributed by atoms with Crippen molar-refractivity contribution in [2.45, 2.75) is 6.42 Å². The molecule has 1 unspecified atom stereocenters. The predicted molar refractivity (Wildman–Crippen MR) is 41.7 cm³/mol. The lowest BCUT2D eigenvalue weighted by atomic mass is 10.1. The molecule has 0 aromatic carbocycles. The number of hydrogen-bond acceptors (Lipinski definition) is 2. The van der Waals surface area contributed by atoms with E-state index in [2.05, 4.69) is 6.58 Å². The van der Waals surface area contributed by atoms with Crippen LogP contribution in [0.15, 0.2) is 12.7 Å². The van der Waals surface area contributed by atoms with E-state index in [1.165, 1.54) is 0 Å². The Morgan fingerprint density at radius 1 is 1.67 bits per heavy atom. The fourth-order valence-corrected chi connectivity index (χ4v) is 0.481. The van der Waals surface area contributed by atoms with Crippen molar-refractivity contribution in [3.05, 3.63) is 12.7 Å². The Kier molecular flexibility index (Phi) is 10.3. The summed E-state index contributed by atoms with van der Waals surface area (Å²) in [5, 5.41) is 8.53. The van der Waals surface area contributed by atoms with E-state index in [0.717, 1.165) is 6.42 Å². The van der Waals surface area contributed by atoms with Crippen molar-refractivity contribution in [3.8, 4) is 0 Å². The maximum Gasteiger partial charge on any atom is 0.0474 e. The zero-order valence-electron chi connectivity index (χ0n) is 5.42. The number of aliphatic hydroxyl groups excluding tert-OH is 1. The maximum atomic E-state index is 8.53. The molecule has 9 heavy (non-hydrogen) atoms. The third-order valence-corrected chi connectivity index (χ3v) is 1.09. The third kappa shape index (κ3) is 5.83. The highest BCUT2D eigenvalue weighted by Gasteiger charge is 1.99. The van der Waals surface area contributed by atoms with Crippen molar-refractivity contribution in [3.63, 3.8) is 0 Å². The van der Waals surface area contributed by atoms with Gasteiger partial charge in [0.05, 0.1) is 0 Å². The van der Waals surface area contributed by atoms with Crippen LogP contribution in [0.3, 0.4) is 0 Å². The van der Waals surface area contributed by atoms with Crippen LogP contribution in [0.4, 0.5) is 0 Å². The van der Waals surface area contributed by atoms with E-state index < -0.39 is 0 Å². The summed E-state index contributed by atoms with van der Waals surface area (Å²) in [7, 11) is 0. The summed E-state index contributed by atoms with van der Waals surface area (Å²) in [6, 6.07) is 0. The van der Waals surface area contributed by atoms with Gasteiger partial charge < -0.3 is 10.8 Å². The highest BCUT2D eigenvalue weighted by molar-refractivity contribution is 5.85. The molecule has 0 saturated carbocycles. The lowest BCUT2D eigenvalue weighted by Crippen LogP contribution is -2.16. The maximum absolute atomic E-state index is 8.53. The molecule has 0 bridgehead atoms. The van der Waals surface area contributed by atoms with E-state index in [4.69, 9.17) is 10.8 Å². The summed E-state index contributed by atoms with van der Waals surface area (Å²) in [5.41, 5.74) is 5.26. The molecule has 3 heteroatoms. The van der Waals surface area contributed by atoms with Crippen molar-refractivity contribution < 1.29 is 5.11 Å². The quantitative estimate of drug-likeness (QED) is 0.577. The van der Waals surface area contributed by atoms with Crippen LogP contribution in [0.5, 0.6) is 0 Å². The third-order valence-electron chi connectivity index (χ3n) is 1.09. The zero-order valence-corrected chi connectivity index (χ0v) is 6.23. The van der Waals surface area contributed by atoms with Crippen LogP contribution in [0.25, 0.3) is 0 Å². The average Bonchev–Trinajstić information content (AvgIpc) is 1.83. The minimum Gasteiger partial charge on any atom is -0.396 e. The summed E-state index contributed by atoms with van der Waals surface area (Å²) >= 11 is 0. The Balaban J connectivity index is 0. The van der Waals surface area contributed by atoms with Gasteiger partial charge in [-0.15, -0.1) is 19.0 Å². The first-order chi connectivity index (χ1) is 3.85. The van der Waals surface area contributed by atoms with Gasteiger partial charge in [-0.2, -0.15) is 0 Å². The number of rotatable bonds is 4. The lowest BCUT2D eigenvalue weighted by molar-refractivity contribution is 0.232. The molecule has 0 radical (unpaired) electrons. The van der Waals surface area contributed by atoms with E-state index in [9.17, 15) is 0 Å². The van der Waals surface area contributed by atoms with Crippen LogP contribution in [-0.2, 0) is 0 Å². The van der Waals surface area contributed by atoms with Gasteiger partial charge in [0.15, 0.2) is 0 Å². The van der Waals surface area contributed by atoms with Crippen LogP contribution in [0.1, 0.15) is 6.42 Å². The van der Waals surface area contributed by atoms with Gasteiger partial charge >= 0.3 is 0 Å². The van der Waals surface area contributed by atoms with Crippen LogP contribution < -0.4 is 5.73 Å². The molecule has 0 saturated heterocycles. The standard InChI is InChI=1S/C6H13NO.ClH/c1-2-3-6(4-7)5-8;/h2,6,8H,1,3-5,7H2;1H. The van der Waals surface area contributed by atoms with Gasteiger partial charge in [-0.3, -0.25) is 0 Å². The van der Waals surface area contributed by atoms with Crippen LogP contribution in [-0.4, -0.2) is 18.3 Å². The number of hydrogen-bond donors (Lipinski definition) is 2. The summed E-state index contributed by atoms with van der Waals surface area (Å²) in [4.78, 5) is 0. The van der Waals surface area contributed by atoms with Crippen molar-refractivity contribution in [1.29, 1.82) is 0 Å². The molecule has 0 rings (SSSR count). The second-order valence-electron chi connectivity index (χ2n) is 1.81. The van der Waals surface area contributed by atoms with Gasteiger partial charge in [0.1, 0.15) is 0 Å². The van der Waals surface area contributed by atoms with E-state index in [1.54, 1.807) is 6.08 Å². The van der Waals surface area contributed by atoms with Crippen molar-refractivity contribution >= 4 is 12.4 Å². The Morgan fingerprint density at radius 3 is 2.33 bits per heavy atom. The molecule has 0 aromatic rings. The summed E-state index contributed by atoms with van der Waals surface area (Å²) in [6.07, 6.45) is 2.58. The van der Waals surface area contributed by atoms with Gasteiger partial charge in [-0.05, 0) is 18.9 Å². The number of nitrogens with two attached hydrogens (primary N) is 1. The van der Waals surface area contributed by atoms with E-state index in [0.29, 0.717) is 6.54 Å². The fourth-order valence-electron chi connectivity index (χ4n) is 0.481. The molecule has 0 spiro atoms. The molecular formula is C6H14ClNO. The van der Waals surface area contributed by atoms with Crippen LogP contribution in [0, 0.1) is 5.92 Å². The lowest BCUT2D eigenvalue weighted by Gasteiger charge is -2.05. The summed E-state index contributed by atoms with van der Waals surface area (Å²) in [5.74, 6) is 0.215. The van der Waals surface area contributed by atoms with Gasteiger partial charge in [0.2, 0.25) is 0 Å². The average molecular weight is 152 g/mol. The first-order valence-electron chi connectivity index (χ1n) is 2.77. The first-order valence-corrected chi connectivity index (χ1v) is 2.77. The second kappa shape index (κ2) is 7.95. The normalized spacial score (nSPS) is 11.8. The highest BCUT2D eigenvalue weighted by Crippen LogP contribution is 1.97. The first kappa shape index (κ1) is 11.7. The van der Waals surface area contributed by atoms with Crippen molar-refractivity contribution in [1.82, 2.24) is 0 Å². The number of allylic oxidation sites excluding steroid dienone is 1. The van der Waals surface area contributed by atoms with Crippen LogP contribution >= 0.6 is 12.4 Å². The monoisotopic (exact) mass is 151 g/mol. The smallest absolute Gasteiger partial charge is 0.0474 e. The molecular weight excluding hydrogens is 138 g/mol. The van der Waals surface area contributed by atoms with Gasteiger partial charge in [0, 0.05) is 6.61 Å². The Labute approximate surface area is 62.2 Å². The topological polar surface area (TPSA) is 46.2 Å². The largest absolute Gasteiger partial charge is 0.396 e. The molecule has 0 fully saturated rings. The second-order valence-corrected chi connectivity index (χ2v) is 1.81. The number of halogens is 1. The molecule has 2 nitrogen and oxygen atoms in total. The molecule has 0 aliphatic heterocycles. The Bertz CT molecular complexity index is 64.1. The Morgan fingerprint density at radius 2 is 2.22 bits per heavy atom. The molecule has 0 heterocycles. The zero-order chi connectivity index (χ0) is 6.41. The SMILES string of the molecule is C=CCC(CN)CO.Cl. The van der Waals surface area contributed by atoms with Crippen molar-refractivity contribution in [2.75, 3.05) is 13.2 Å². The highest BCUT2D eigenvalue weighted by atomic mass is 35.5. The predicted octanol–water partition coefficient (Wildman–Crippen LogP) is 0.551. The minimum absolute atomic E-state index is 0. The molecule has 0 aromatic heterocycles. The molecule has 0 aliphatic carbocycles. The fraction of sp³-hybridized carbons (Fsp3) is 0.667. The summed E-state index contributed by atoms with van der Waals surface area (Å²) in [6.45, 7) is 4.24. The van der Waals surface area contributed by atoms with E-state index in [-0.39, 0.29) is 24.9 Å². The van der Waals surface area contributed by atoms with Crippen LogP contribution in [0.2, 0.25) is 0 Å². The van der Waals surface area contributed by atoms with Gasteiger partial charge in [-0.25, -0.2) is 0 Å². The van der Waals surface area contributed by atoms with Gasteiger partial charge in [-0.1, -0.05) is 6.08 Å². The van der Waals surface area contributed by atoms with E-state index >= 15 is 0 Å².